The van der Waals surface area contributed by atoms with Gasteiger partial charge in [-0.15, -0.1) is 0 Å². The van der Waals surface area contributed by atoms with Crippen LogP contribution in [0.2, 0.25) is 0 Å². The molecule has 0 radical (unpaired) electrons. The molecule has 0 aliphatic carbocycles. The van der Waals surface area contributed by atoms with Gasteiger partial charge >= 0.3 is 0 Å². The first-order chi connectivity index (χ1) is 14.9. The molecule has 2 aliphatic rings. The number of hydrogen-bond acceptors (Lipinski definition) is 5. The molecule has 4 amide bonds. The Balaban J connectivity index is 1.46. The zero-order valence-corrected chi connectivity index (χ0v) is 17.1. The molecular formula is C23H23N3O5. The second-order valence-electron chi connectivity index (χ2n) is 7.71. The van der Waals surface area contributed by atoms with E-state index >= 15 is 0 Å². The van der Waals surface area contributed by atoms with Crippen LogP contribution in [0.4, 0.5) is 0 Å². The summed E-state index contributed by atoms with van der Waals surface area (Å²) in [6.07, 6.45) is -0.113. The third-order valence-electron chi connectivity index (χ3n) is 5.75. The van der Waals surface area contributed by atoms with Gasteiger partial charge < -0.3 is 10.4 Å². The Morgan fingerprint density at radius 3 is 2.52 bits per heavy atom. The zero-order valence-electron chi connectivity index (χ0n) is 17.1. The first-order valence-electron chi connectivity index (χ1n) is 10.2. The summed E-state index contributed by atoms with van der Waals surface area (Å²) in [4.78, 5) is 49.8. The number of piperidine rings is 1. The van der Waals surface area contributed by atoms with Crippen LogP contribution >= 0.6 is 0 Å². The van der Waals surface area contributed by atoms with Gasteiger partial charge in [-0.3, -0.25) is 29.4 Å². The van der Waals surface area contributed by atoms with E-state index in [1.807, 2.05) is 19.1 Å². The van der Waals surface area contributed by atoms with Gasteiger partial charge in [0, 0.05) is 29.7 Å². The lowest BCUT2D eigenvalue weighted by Gasteiger charge is -2.31. The summed E-state index contributed by atoms with van der Waals surface area (Å²) in [6.45, 7) is 2.27. The van der Waals surface area contributed by atoms with E-state index in [9.17, 15) is 24.3 Å². The standard InChI is InChI=1S/C23H23N3O5/c1-2-13-3-6-15(7-4-13)20(28)24-12-14-5-8-16-17(11-14)23(31)26(22(16)30)18-9-10-19(27)25-21(18)29/h3-8,11,18,23,31H,2,9-10,12H2,1H3,(H,24,28)(H,25,27,29). The van der Waals surface area contributed by atoms with Crippen molar-refractivity contribution in [3.63, 3.8) is 0 Å². The number of carbonyl (C=O) groups excluding carboxylic acids is 4. The molecule has 3 N–H and O–H groups in total. The monoisotopic (exact) mass is 421 g/mol. The quantitative estimate of drug-likeness (QED) is 0.632. The highest BCUT2D eigenvalue weighted by Gasteiger charge is 2.44. The van der Waals surface area contributed by atoms with E-state index < -0.39 is 24.1 Å². The number of aliphatic hydroxyl groups excluding tert-OH is 1. The van der Waals surface area contributed by atoms with Crippen LogP contribution in [0.25, 0.3) is 0 Å². The van der Waals surface area contributed by atoms with Crippen molar-refractivity contribution in [1.82, 2.24) is 15.5 Å². The molecule has 0 aromatic heterocycles. The summed E-state index contributed by atoms with van der Waals surface area (Å²) in [5.41, 5.74) is 3.11. The van der Waals surface area contributed by atoms with Gasteiger partial charge in [-0.25, -0.2) is 0 Å². The predicted molar refractivity (Wildman–Crippen MR) is 111 cm³/mol. The van der Waals surface area contributed by atoms with Gasteiger partial charge in [0.05, 0.1) is 0 Å². The van der Waals surface area contributed by atoms with E-state index in [-0.39, 0.29) is 31.2 Å². The number of aliphatic hydroxyl groups is 1. The van der Waals surface area contributed by atoms with E-state index in [0.29, 0.717) is 22.3 Å². The minimum Gasteiger partial charge on any atom is -0.369 e. The minimum absolute atomic E-state index is 0.111. The summed E-state index contributed by atoms with van der Waals surface area (Å²) in [5.74, 6) is -1.64. The Hall–Kier alpha value is -3.52. The number of rotatable bonds is 5. The lowest BCUT2D eigenvalue weighted by atomic mass is 10.0. The molecule has 8 nitrogen and oxygen atoms in total. The maximum Gasteiger partial charge on any atom is 0.257 e. The molecule has 0 saturated carbocycles. The maximum absolute atomic E-state index is 12.8. The van der Waals surface area contributed by atoms with Crippen LogP contribution in [0.3, 0.4) is 0 Å². The van der Waals surface area contributed by atoms with E-state index in [1.165, 1.54) is 0 Å². The number of fused-ring (bicyclic) bond motifs is 1. The highest BCUT2D eigenvalue weighted by atomic mass is 16.3. The number of nitrogens with zero attached hydrogens (tertiary/aromatic N) is 1. The van der Waals surface area contributed by atoms with Crippen LogP contribution in [0.5, 0.6) is 0 Å². The molecule has 2 aromatic carbocycles. The Bertz CT molecular complexity index is 1060. The largest absolute Gasteiger partial charge is 0.369 e. The van der Waals surface area contributed by atoms with Crippen LogP contribution in [-0.2, 0) is 22.6 Å². The molecule has 2 aliphatic heterocycles. The van der Waals surface area contributed by atoms with E-state index in [1.54, 1.807) is 30.3 Å². The molecule has 1 fully saturated rings. The van der Waals surface area contributed by atoms with Crippen LogP contribution in [0.15, 0.2) is 42.5 Å². The van der Waals surface area contributed by atoms with Crippen LogP contribution in [-0.4, -0.2) is 39.7 Å². The zero-order chi connectivity index (χ0) is 22.1. The first kappa shape index (κ1) is 20.7. The topological polar surface area (TPSA) is 116 Å². The molecule has 2 atom stereocenters. The summed E-state index contributed by atoms with van der Waals surface area (Å²) < 4.78 is 0. The third-order valence-corrected chi connectivity index (χ3v) is 5.75. The minimum atomic E-state index is -1.29. The second-order valence-corrected chi connectivity index (χ2v) is 7.71. The SMILES string of the molecule is CCc1ccc(C(=O)NCc2ccc3c(c2)C(O)N(C2CCC(=O)NC2=O)C3=O)cc1. The van der Waals surface area contributed by atoms with Crippen molar-refractivity contribution in [1.29, 1.82) is 0 Å². The Morgan fingerprint density at radius 2 is 1.84 bits per heavy atom. The highest BCUT2D eigenvalue weighted by Crippen LogP contribution is 2.35. The molecule has 1 saturated heterocycles. The number of benzene rings is 2. The molecule has 8 heteroatoms. The van der Waals surface area contributed by atoms with Crippen molar-refractivity contribution in [2.24, 2.45) is 0 Å². The Labute approximate surface area is 179 Å². The van der Waals surface area contributed by atoms with Gasteiger partial charge in [-0.1, -0.05) is 25.1 Å². The molecule has 160 valence electrons. The van der Waals surface area contributed by atoms with Gasteiger partial charge in [0.1, 0.15) is 6.04 Å². The summed E-state index contributed by atoms with van der Waals surface area (Å²) >= 11 is 0. The number of nitrogens with one attached hydrogen (secondary N) is 2. The van der Waals surface area contributed by atoms with Gasteiger partial charge in [-0.05, 0) is 48.2 Å². The van der Waals surface area contributed by atoms with Crippen molar-refractivity contribution in [2.75, 3.05) is 0 Å². The lowest BCUT2D eigenvalue weighted by molar-refractivity contribution is -0.139. The highest BCUT2D eigenvalue weighted by molar-refractivity contribution is 6.05. The Kier molecular flexibility index (Phi) is 5.56. The number of carbonyl (C=O) groups is 4. The fourth-order valence-corrected chi connectivity index (χ4v) is 3.97. The molecule has 4 rings (SSSR count). The second kappa shape index (κ2) is 8.31. The van der Waals surface area contributed by atoms with E-state index in [0.717, 1.165) is 16.9 Å². The van der Waals surface area contributed by atoms with Crippen molar-refractivity contribution in [2.45, 2.75) is 45.0 Å². The van der Waals surface area contributed by atoms with Gasteiger partial charge in [0.2, 0.25) is 11.8 Å². The van der Waals surface area contributed by atoms with Gasteiger partial charge in [0.15, 0.2) is 6.23 Å². The van der Waals surface area contributed by atoms with Crippen molar-refractivity contribution in [3.8, 4) is 0 Å². The Morgan fingerprint density at radius 1 is 1.13 bits per heavy atom. The molecule has 0 bridgehead atoms. The molecule has 2 heterocycles. The van der Waals surface area contributed by atoms with E-state index in [2.05, 4.69) is 10.6 Å². The number of hydrogen-bond donors (Lipinski definition) is 3. The van der Waals surface area contributed by atoms with Gasteiger partial charge in [0.25, 0.3) is 11.8 Å². The fourth-order valence-electron chi connectivity index (χ4n) is 3.97. The van der Waals surface area contributed by atoms with Crippen molar-refractivity contribution in [3.05, 3.63) is 70.3 Å². The average molecular weight is 421 g/mol. The van der Waals surface area contributed by atoms with E-state index in [4.69, 9.17) is 0 Å². The fraction of sp³-hybridized carbons (Fsp3) is 0.304. The molecule has 31 heavy (non-hydrogen) atoms. The van der Waals surface area contributed by atoms with Crippen molar-refractivity contribution < 1.29 is 24.3 Å². The summed E-state index contributed by atoms with van der Waals surface area (Å²) in [6, 6.07) is 11.4. The molecule has 2 unspecified atom stereocenters. The number of aryl methyl sites for hydroxylation is 1. The molecule has 0 spiro atoms. The number of amides is 4. The summed E-state index contributed by atoms with van der Waals surface area (Å²) in [5, 5.41) is 15.8. The van der Waals surface area contributed by atoms with Gasteiger partial charge in [-0.2, -0.15) is 0 Å². The predicted octanol–water partition coefficient (Wildman–Crippen LogP) is 1.43. The third kappa shape index (κ3) is 3.94. The molecular weight excluding hydrogens is 398 g/mol. The van der Waals surface area contributed by atoms with Crippen LogP contribution in [0.1, 0.15) is 63.4 Å². The first-order valence-corrected chi connectivity index (χ1v) is 10.2. The van der Waals surface area contributed by atoms with Crippen molar-refractivity contribution >= 4 is 23.6 Å². The average Bonchev–Trinajstić information content (AvgIpc) is 3.02. The van der Waals surface area contributed by atoms with Crippen LogP contribution in [0, 0.1) is 0 Å². The summed E-state index contributed by atoms with van der Waals surface area (Å²) in [7, 11) is 0. The maximum atomic E-state index is 12.8. The molecule has 2 aromatic rings. The lowest BCUT2D eigenvalue weighted by Crippen LogP contribution is -2.53. The number of imide groups is 1. The normalized spacial score (nSPS) is 20.5. The van der Waals surface area contributed by atoms with Crippen LogP contribution < -0.4 is 10.6 Å². The smallest absolute Gasteiger partial charge is 0.257 e.